The summed E-state index contributed by atoms with van der Waals surface area (Å²) in [5, 5.41) is 12.0. The Morgan fingerprint density at radius 2 is 1.86 bits per heavy atom. The summed E-state index contributed by atoms with van der Waals surface area (Å²) < 4.78 is 5.32. The fourth-order valence-corrected chi connectivity index (χ4v) is 1.86. The van der Waals surface area contributed by atoms with Gasteiger partial charge < -0.3 is 20.9 Å². The second-order valence-corrected chi connectivity index (χ2v) is 4.64. The van der Waals surface area contributed by atoms with Crippen LogP contribution in [0.2, 0.25) is 0 Å². The molecule has 0 bridgehead atoms. The van der Waals surface area contributed by atoms with E-state index in [1.165, 1.54) is 0 Å². The molecular weight excluding hydrogens is 288 g/mol. The SMILES string of the molecule is Cc1cc(NCc2ccc(OCCO)cc2)ccc1N.Cl. The number of anilines is 2. The Balaban J connectivity index is 0.00000220. The van der Waals surface area contributed by atoms with Gasteiger partial charge in [0.25, 0.3) is 0 Å². The summed E-state index contributed by atoms with van der Waals surface area (Å²) in [5.41, 5.74) is 9.89. The molecule has 0 amide bonds. The molecule has 0 radical (unpaired) electrons. The minimum absolute atomic E-state index is 0. The van der Waals surface area contributed by atoms with Crippen molar-refractivity contribution in [3.63, 3.8) is 0 Å². The lowest BCUT2D eigenvalue weighted by molar-refractivity contribution is 0.201. The molecule has 0 spiro atoms. The van der Waals surface area contributed by atoms with E-state index in [1.807, 2.05) is 49.4 Å². The minimum atomic E-state index is 0. The van der Waals surface area contributed by atoms with Crippen molar-refractivity contribution < 1.29 is 9.84 Å². The summed E-state index contributed by atoms with van der Waals surface area (Å²) in [4.78, 5) is 0. The Labute approximate surface area is 131 Å². The van der Waals surface area contributed by atoms with Gasteiger partial charge in [0.15, 0.2) is 0 Å². The smallest absolute Gasteiger partial charge is 0.119 e. The summed E-state index contributed by atoms with van der Waals surface area (Å²) in [6, 6.07) is 13.7. The van der Waals surface area contributed by atoms with Crippen molar-refractivity contribution in [3.8, 4) is 5.75 Å². The van der Waals surface area contributed by atoms with Crippen molar-refractivity contribution in [2.45, 2.75) is 13.5 Å². The molecule has 4 N–H and O–H groups in total. The average Bonchev–Trinajstić information content (AvgIpc) is 2.47. The lowest BCUT2D eigenvalue weighted by Crippen LogP contribution is -2.02. The molecule has 2 aromatic rings. The molecule has 4 nitrogen and oxygen atoms in total. The predicted molar refractivity (Wildman–Crippen MR) is 89.2 cm³/mol. The van der Waals surface area contributed by atoms with Gasteiger partial charge in [-0.25, -0.2) is 0 Å². The van der Waals surface area contributed by atoms with Crippen LogP contribution in [0.15, 0.2) is 42.5 Å². The van der Waals surface area contributed by atoms with Crippen LogP contribution in [0.5, 0.6) is 5.75 Å². The largest absolute Gasteiger partial charge is 0.491 e. The number of aliphatic hydroxyl groups excluding tert-OH is 1. The standard InChI is InChI=1S/C16H20N2O2.ClH/c1-12-10-14(4-7-16(12)17)18-11-13-2-5-15(6-3-13)20-9-8-19;/h2-7,10,18-19H,8-9,11,17H2,1H3;1H. The number of nitrogens with one attached hydrogen (secondary N) is 1. The maximum absolute atomic E-state index is 8.69. The molecule has 0 saturated heterocycles. The first-order valence-corrected chi connectivity index (χ1v) is 6.61. The first-order valence-electron chi connectivity index (χ1n) is 6.61. The van der Waals surface area contributed by atoms with Crippen LogP contribution >= 0.6 is 12.4 Å². The maximum Gasteiger partial charge on any atom is 0.119 e. The van der Waals surface area contributed by atoms with Crippen molar-refractivity contribution in [1.82, 2.24) is 0 Å². The molecule has 2 rings (SSSR count). The molecule has 0 unspecified atom stereocenters. The summed E-state index contributed by atoms with van der Waals surface area (Å²) in [6.07, 6.45) is 0. The van der Waals surface area contributed by atoms with Crippen LogP contribution in [-0.4, -0.2) is 18.3 Å². The van der Waals surface area contributed by atoms with Crippen LogP contribution in [0.25, 0.3) is 0 Å². The summed E-state index contributed by atoms with van der Waals surface area (Å²) in [6.45, 7) is 3.08. The minimum Gasteiger partial charge on any atom is -0.491 e. The quantitative estimate of drug-likeness (QED) is 0.718. The van der Waals surface area contributed by atoms with Gasteiger partial charge in [-0.1, -0.05) is 12.1 Å². The third-order valence-corrected chi connectivity index (χ3v) is 3.05. The lowest BCUT2D eigenvalue weighted by Gasteiger charge is -2.09. The van der Waals surface area contributed by atoms with Crippen molar-refractivity contribution in [1.29, 1.82) is 0 Å². The normalized spacial score (nSPS) is 9.81. The van der Waals surface area contributed by atoms with Crippen LogP contribution in [0.4, 0.5) is 11.4 Å². The van der Waals surface area contributed by atoms with E-state index >= 15 is 0 Å². The van der Waals surface area contributed by atoms with Gasteiger partial charge in [-0.2, -0.15) is 0 Å². The number of rotatable bonds is 6. The average molecular weight is 309 g/mol. The predicted octanol–water partition coefficient (Wildman–Crippen LogP) is 2.98. The van der Waals surface area contributed by atoms with Crippen LogP contribution in [-0.2, 0) is 6.54 Å². The highest BCUT2D eigenvalue weighted by atomic mass is 35.5. The van der Waals surface area contributed by atoms with E-state index in [0.29, 0.717) is 6.61 Å². The third-order valence-electron chi connectivity index (χ3n) is 3.05. The third kappa shape index (κ3) is 5.17. The van der Waals surface area contributed by atoms with E-state index in [1.54, 1.807) is 0 Å². The maximum atomic E-state index is 8.69. The first kappa shape index (κ1) is 17.1. The van der Waals surface area contributed by atoms with E-state index in [9.17, 15) is 0 Å². The van der Waals surface area contributed by atoms with E-state index in [4.69, 9.17) is 15.6 Å². The van der Waals surface area contributed by atoms with E-state index in [-0.39, 0.29) is 19.0 Å². The molecule has 21 heavy (non-hydrogen) atoms. The van der Waals surface area contributed by atoms with Gasteiger partial charge in [-0.15, -0.1) is 12.4 Å². The zero-order valence-corrected chi connectivity index (χ0v) is 12.8. The molecular formula is C16H21ClN2O2. The highest BCUT2D eigenvalue weighted by molar-refractivity contribution is 5.85. The number of halogens is 1. The van der Waals surface area contributed by atoms with Crippen molar-refractivity contribution >= 4 is 23.8 Å². The number of hydrogen-bond donors (Lipinski definition) is 3. The molecule has 5 heteroatoms. The Morgan fingerprint density at radius 1 is 1.14 bits per heavy atom. The van der Waals surface area contributed by atoms with Crippen molar-refractivity contribution in [2.24, 2.45) is 0 Å². The Morgan fingerprint density at radius 3 is 2.48 bits per heavy atom. The number of nitrogens with two attached hydrogens (primary N) is 1. The lowest BCUT2D eigenvalue weighted by atomic mass is 10.1. The number of hydrogen-bond acceptors (Lipinski definition) is 4. The van der Waals surface area contributed by atoms with E-state index < -0.39 is 0 Å². The van der Waals surface area contributed by atoms with Gasteiger partial charge in [0.05, 0.1) is 6.61 Å². The zero-order chi connectivity index (χ0) is 14.4. The van der Waals surface area contributed by atoms with E-state index in [0.717, 1.165) is 34.8 Å². The molecule has 2 aromatic carbocycles. The number of ether oxygens (including phenoxy) is 1. The summed E-state index contributed by atoms with van der Waals surface area (Å²) in [7, 11) is 0. The monoisotopic (exact) mass is 308 g/mol. The van der Waals surface area contributed by atoms with Crippen molar-refractivity contribution in [3.05, 3.63) is 53.6 Å². The number of benzene rings is 2. The van der Waals surface area contributed by atoms with Gasteiger partial charge in [-0.05, 0) is 48.4 Å². The van der Waals surface area contributed by atoms with Crippen molar-refractivity contribution in [2.75, 3.05) is 24.3 Å². The number of aliphatic hydroxyl groups is 1. The number of nitrogen functional groups attached to an aromatic ring is 1. The Hall–Kier alpha value is -1.91. The molecule has 0 heterocycles. The van der Waals surface area contributed by atoms with Gasteiger partial charge in [0.2, 0.25) is 0 Å². The summed E-state index contributed by atoms with van der Waals surface area (Å²) in [5.74, 6) is 0.770. The first-order chi connectivity index (χ1) is 9.69. The molecule has 0 saturated carbocycles. The fourth-order valence-electron chi connectivity index (χ4n) is 1.86. The van der Waals surface area contributed by atoms with Crippen LogP contribution in [0.3, 0.4) is 0 Å². The molecule has 0 aromatic heterocycles. The van der Waals surface area contributed by atoms with Crippen LogP contribution < -0.4 is 15.8 Å². The van der Waals surface area contributed by atoms with Gasteiger partial charge >= 0.3 is 0 Å². The van der Waals surface area contributed by atoms with Crippen LogP contribution in [0.1, 0.15) is 11.1 Å². The van der Waals surface area contributed by atoms with Crippen LogP contribution in [0, 0.1) is 6.92 Å². The van der Waals surface area contributed by atoms with Gasteiger partial charge in [0, 0.05) is 17.9 Å². The second-order valence-electron chi connectivity index (χ2n) is 4.64. The molecule has 0 atom stereocenters. The molecule has 0 aliphatic carbocycles. The number of aryl methyl sites for hydroxylation is 1. The highest BCUT2D eigenvalue weighted by Crippen LogP contribution is 2.18. The summed E-state index contributed by atoms with van der Waals surface area (Å²) >= 11 is 0. The van der Waals surface area contributed by atoms with Gasteiger partial charge in [0.1, 0.15) is 12.4 Å². The molecule has 0 fully saturated rings. The fraction of sp³-hybridized carbons (Fsp3) is 0.250. The zero-order valence-electron chi connectivity index (χ0n) is 12.0. The Bertz CT molecular complexity index is 559. The molecule has 114 valence electrons. The second kappa shape index (κ2) is 8.39. The molecule has 0 aliphatic rings. The topological polar surface area (TPSA) is 67.5 Å². The highest BCUT2D eigenvalue weighted by Gasteiger charge is 1.98. The molecule has 0 aliphatic heterocycles. The van der Waals surface area contributed by atoms with Gasteiger partial charge in [-0.3, -0.25) is 0 Å². The van der Waals surface area contributed by atoms with E-state index in [2.05, 4.69) is 5.32 Å². The Kier molecular flexibility index (Phi) is 6.85.